The molecule has 0 fully saturated rings. The molecule has 1 aliphatic carbocycles. The van der Waals surface area contributed by atoms with Crippen LogP contribution in [0.25, 0.3) is 16.0 Å². The molecule has 0 saturated carbocycles. The molecule has 0 radical (unpaired) electrons. The standard InChI is InChI=1S/C5H5.3C4H10N.C3H9Si.V/c1-2-4-5-3-1;3*1-3-5-4-2;1-4(2)3;/h1-3H,4H2;3*3-4H2,1-2H3;1-3H3;/q;3*-1;;+3. The summed E-state index contributed by atoms with van der Waals surface area (Å²) in [5.74, 6) is 0. The van der Waals surface area contributed by atoms with Crippen LogP contribution in [0.1, 0.15) is 48.0 Å². The second-order valence-corrected chi connectivity index (χ2v) is 18.9. The fourth-order valence-corrected chi connectivity index (χ4v) is 7.76. The molecule has 1 rings (SSSR count). The molecule has 0 aromatic carbocycles. The SMILES string of the molecule is CC[N-]CC.CC[N-]CC.CC[N-]CC.C[Si](C)(C)[V+3][C]1=CC=CC1. The van der Waals surface area contributed by atoms with Crippen molar-refractivity contribution in [2.45, 2.75) is 67.6 Å². The van der Waals surface area contributed by atoms with Crippen molar-refractivity contribution >= 4 is 6.45 Å². The van der Waals surface area contributed by atoms with Gasteiger partial charge in [0.15, 0.2) is 0 Å². The normalized spacial score (nSPS) is 11.8. The molecule has 3 nitrogen and oxygen atoms in total. The van der Waals surface area contributed by atoms with E-state index in [1.807, 2.05) is 41.5 Å². The molecule has 0 aromatic heterocycles. The van der Waals surface area contributed by atoms with Crippen molar-refractivity contribution in [2.75, 3.05) is 39.3 Å². The average molecular weight is 406 g/mol. The van der Waals surface area contributed by atoms with Gasteiger partial charge in [-0.05, 0) is 0 Å². The van der Waals surface area contributed by atoms with Crippen molar-refractivity contribution in [3.63, 3.8) is 0 Å². The van der Waals surface area contributed by atoms with Crippen LogP contribution in [-0.2, 0) is 15.6 Å². The zero-order valence-corrected chi connectivity index (χ0v) is 20.9. The van der Waals surface area contributed by atoms with Crippen LogP contribution in [0, 0.1) is 0 Å². The van der Waals surface area contributed by atoms with Gasteiger partial charge in [0.25, 0.3) is 0 Å². The zero-order chi connectivity index (χ0) is 20.0. The van der Waals surface area contributed by atoms with Crippen molar-refractivity contribution < 1.29 is 15.6 Å². The zero-order valence-electron chi connectivity index (χ0n) is 18.5. The molecular formula is C20H44N3SiV. The van der Waals surface area contributed by atoms with Gasteiger partial charge in [-0.2, -0.15) is 39.3 Å². The summed E-state index contributed by atoms with van der Waals surface area (Å²) in [6.45, 7) is 25.5. The van der Waals surface area contributed by atoms with Crippen LogP contribution in [-0.4, -0.2) is 45.7 Å². The van der Waals surface area contributed by atoms with Crippen LogP contribution in [0.3, 0.4) is 0 Å². The number of nitrogens with zero attached hydrogens (tertiary/aromatic N) is 3. The van der Waals surface area contributed by atoms with Gasteiger partial charge in [-0.15, -0.1) is 0 Å². The van der Waals surface area contributed by atoms with Crippen molar-refractivity contribution in [3.05, 3.63) is 38.5 Å². The first-order chi connectivity index (χ1) is 11.8. The Morgan fingerprint density at radius 1 is 0.760 bits per heavy atom. The Kier molecular flexibility index (Phi) is 28.9. The molecule has 0 spiro atoms. The molecule has 0 aliphatic heterocycles. The van der Waals surface area contributed by atoms with Gasteiger partial charge in [-0.25, -0.2) is 0 Å². The van der Waals surface area contributed by atoms with E-state index in [1.54, 1.807) is 4.28 Å². The second kappa shape index (κ2) is 24.2. The Bertz CT molecular complexity index is 280. The molecule has 148 valence electrons. The van der Waals surface area contributed by atoms with Gasteiger partial charge < -0.3 is 16.0 Å². The molecule has 0 atom stereocenters. The Morgan fingerprint density at radius 2 is 1.12 bits per heavy atom. The van der Waals surface area contributed by atoms with E-state index < -0.39 is 6.45 Å². The molecule has 25 heavy (non-hydrogen) atoms. The summed E-state index contributed by atoms with van der Waals surface area (Å²) in [5.41, 5.74) is 0. The van der Waals surface area contributed by atoms with E-state index in [-0.39, 0.29) is 0 Å². The van der Waals surface area contributed by atoms with Gasteiger partial charge in [0, 0.05) is 0 Å². The van der Waals surface area contributed by atoms with Gasteiger partial charge in [-0.3, -0.25) is 0 Å². The summed E-state index contributed by atoms with van der Waals surface area (Å²) in [7, 11) is 0. The van der Waals surface area contributed by atoms with E-state index in [0.29, 0.717) is 15.6 Å². The molecule has 0 N–H and O–H groups in total. The van der Waals surface area contributed by atoms with E-state index >= 15 is 0 Å². The predicted octanol–water partition coefficient (Wildman–Crippen LogP) is 6.95. The Hall–Kier alpha value is 0.161. The fourth-order valence-electron chi connectivity index (χ4n) is 1.62. The van der Waals surface area contributed by atoms with Crippen LogP contribution in [0.15, 0.2) is 22.5 Å². The summed E-state index contributed by atoms with van der Waals surface area (Å²) in [6, 6.07) is 0. The average Bonchev–Trinajstić information content (AvgIpc) is 3.02. The number of allylic oxidation sites excluding steroid dienone is 4. The Balaban J connectivity index is -0.000000279. The first-order valence-electron chi connectivity index (χ1n) is 9.80. The van der Waals surface area contributed by atoms with Crippen LogP contribution < -0.4 is 0 Å². The maximum absolute atomic E-state index is 3.97. The van der Waals surface area contributed by atoms with E-state index in [0.717, 1.165) is 39.3 Å². The Labute approximate surface area is 167 Å². The number of hydrogen-bond acceptors (Lipinski definition) is 0. The molecule has 1 aliphatic rings. The van der Waals surface area contributed by atoms with Crippen LogP contribution in [0.5, 0.6) is 0 Å². The number of rotatable bonds is 8. The van der Waals surface area contributed by atoms with E-state index in [4.69, 9.17) is 0 Å². The van der Waals surface area contributed by atoms with Crippen LogP contribution in [0.4, 0.5) is 0 Å². The van der Waals surface area contributed by atoms with Gasteiger partial charge in [-0.1, -0.05) is 41.5 Å². The van der Waals surface area contributed by atoms with E-state index in [2.05, 4.69) is 53.8 Å². The first-order valence-corrected chi connectivity index (χ1v) is 16.0. The number of hydrogen-bond donors (Lipinski definition) is 0. The summed E-state index contributed by atoms with van der Waals surface area (Å²) in [6.07, 6.45) is 7.30. The molecule has 0 amide bonds. The van der Waals surface area contributed by atoms with E-state index in [9.17, 15) is 0 Å². The van der Waals surface area contributed by atoms with Crippen LogP contribution in [0.2, 0.25) is 19.6 Å². The monoisotopic (exact) mass is 405 g/mol. The topological polar surface area (TPSA) is 42.3 Å². The summed E-state index contributed by atoms with van der Waals surface area (Å²) >= 11 is 0.557. The molecule has 0 heterocycles. The minimum absolute atomic E-state index is 0.557. The van der Waals surface area contributed by atoms with Gasteiger partial charge in [0.05, 0.1) is 0 Å². The fraction of sp³-hybridized carbons (Fsp3) is 0.800. The Morgan fingerprint density at radius 3 is 1.28 bits per heavy atom. The minimum atomic E-state index is -0.737. The third-order valence-corrected chi connectivity index (χ3v) is 8.54. The van der Waals surface area contributed by atoms with Crippen molar-refractivity contribution in [1.29, 1.82) is 0 Å². The van der Waals surface area contributed by atoms with Gasteiger partial charge in [0.2, 0.25) is 0 Å². The quantitative estimate of drug-likeness (QED) is 0.392. The third kappa shape index (κ3) is 36.0. The molecule has 0 saturated heterocycles. The van der Waals surface area contributed by atoms with Gasteiger partial charge >= 0.3 is 70.6 Å². The predicted molar refractivity (Wildman–Crippen MR) is 119 cm³/mol. The first kappa shape index (κ1) is 29.9. The molecule has 0 bridgehead atoms. The second-order valence-electron chi connectivity index (χ2n) is 6.14. The van der Waals surface area contributed by atoms with Crippen molar-refractivity contribution in [1.82, 2.24) is 0 Å². The van der Waals surface area contributed by atoms with Crippen molar-refractivity contribution in [3.8, 4) is 0 Å². The summed E-state index contributed by atoms with van der Waals surface area (Å²) < 4.78 is 1.73. The van der Waals surface area contributed by atoms with E-state index in [1.165, 1.54) is 6.42 Å². The van der Waals surface area contributed by atoms with Crippen molar-refractivity contribution in [2.24, 2.45) is 0 Å². The molecular weight excluding hydrogens is 361 g/mol. The molecule has 0 unspecified atom stereocenters. The summed E-state index contributed by atoms with van der Waals surface area (Å²) in [5, 5.41) is 11.9. The van der Waals surface area contributed by atoms with Gasteiger partial charge in [0.1, 0.15) is 0 Å². The third-order valence-electron chi connectivity index (χ3n) is 2.57. The molecule has 5 heteroatoms. The maximum atomic E-state index is 3.97. The molecule has 0 aromatic rings. The summed E-state index contributed by atoms with van der Waals surface area (Å²) in [4.78, 5) is 0. The van der Waals surface area contributed by atoms with Crippen LogP contribution >= 0.6 is 0 Å².